The fourth-order valence-corrected chi connectivity index (χ4v) is 3.02. The topological polar surface area (TPSA) is 41.5 Å². The first-order valence-electron chi connectivity index (χ1n) is 8.32. The average molecular weight is 291 g/mol. The zero-order chi connectivity index (χ0) is 15.1. The van der Waals surface area contributed by atoms with Crippen molar-refractivity contribution in [2.75, 3.05) is 13.2 Å². The quantitative estimate of drug-likeness (QED) is 0.773. The minimum Gasteiger partial charge on any atom is -0.491 e. The second-order valence-electron chi connectivity index (χ2n) is 6.20. The van der Waals surface area contributed by atoms with Crippen molar-refractivity contribution in [2.45, 2.75) is 58.1 Å². The Morgan fingerprint density at radius 2 is 1.90 bits per heavy atom. The van der Waals surface area contributed by atoms with Crippen LogP contribution < -0.4 is 10.1 Å². The van der Waals surface area contributed by atoms with Crippen LogP contribution in [-0.2, 0) is 6.42 Å². The van der Waals surface area contributed by atoms with Crippen molar-refractivity contribution in [2.24, 2.45) is 5.92 Å². The van der Waals surface area contributed by atoms with Crippen LogP contribution in [0.25, 0.3) is 0 Å². The Balaban J connectivity index is 1.65. The van der Waals surface area contributed by atoms with Crippen LogP contribution >= 0.6 is 0 Å². The summed E-state index contributed by atoms with van der Waals surface area (Å²) in [5.74, 6) is 1.61. The molecule has 0 aliphatic heterocycles. The van der Waals surface area contributed by atoms with Gasteiger partial charge < -0.3 is 15.2 Å². The van der Waals surface area contributed by atoms with Gasteiger partial charge in [-0.25, -0.2) is 0 Å². The Morgan fingerprint density at radius 1 is 1.24 bits per heavy atom. The third-order valence-corrected chi connectivity index (χ3v) is 4.56. The molecule has 0 saturated heterocycles. The third kappa shape index (κ3) is 5.33. The highest BCUT2D eigenvalue weighted by atomic mass is 16.5. The van der Waals surface area contributed by atoms with E-state index in [1.807, 2.05) is 12.1 Å². The molecule has 1 aliphatic carbocycles. The molecule has 0 aromatic heterocycles. The number of hydrogen-bond acceptors (Lipinski definition) is 3. The lowest BCUT2D eigenvalue weighted by Gasteiger charge is -2.22. The highest BCUT2D eigenvalue weighted by Gasteiger charge is 2.21. The molecule has 2 rings (SSSR count). The standard InChI is InChI=1S/C18H29NO2/c1-3-15-8-10-18(11-9-15)21-13-17(20)12-19-14(2)16-6-4-5-7-16/h8-11,14,16-17,19-20H,3-7,12-13H2,1-2H3. The average Bonchev–Trinajstić information content (AvgIpc) is 3.05. The van der Waals surface area contributed by atoms with Gasteiger partial charge >= 0.3 is 0 Å². The summed E-state index contributed by atoms with van der Waals surface area (Å²) in [5.41, 5.74) is 1.30. The minimum atomic E-state index is -0.459. The first-order valence-corrected chi connectivity index (χ1v) is 8.32. The summed E-state index contributed by atoms with van der Waals surface area (Å²) in [5, 5.41) is 13.5. The highest BCUT2D eigenvalue weighted by Crippen LogP contribution is 2.27. The summed E-state index contributed by atoms with van der Waals surface area (Å²) in [7, 11) is 0. The first-order chi connectivity index (χ1) is 10.2. The van der Waals surface area contributed by atoms with Crippen molar-refractivity contribution >= 4 is 0 Å². The molecule has 1 aromatic carbocycles. The van der Waals surface area contributed by atoms with Crippen molar-refractivity contribution < 1.29 is 9.84 Å². The molecule has 2 atom stereocenters. The van der Waals surface area contributed by atoms with Gasteiger partial charge in [0.25, 0.3) is 0 Å². The molecule has 3 nitrogen and oxygen atoms in total. The lowest BCUT2D eigenvalue weighted by molar-refractivity contribution is 0.102. The smallest absolute Gasteiger partial charge is 0.119 e. The van der Waals surface area contributed by atoms with Crippen molar-refractivity contribution in [3.05, 3.63) is 29.8 Å². The summed E-state index contributed by atoms with van der Waals surface area (Å²) < 4.78 is 5.64. The zero-order valence-corrected chi connectivity index (χ0v) is 13.3. The van der Waals surface area contributed by atoms with Crippen LogP contribution in [0.2, 0.25) is 0 Å². The second kappa shape index (κ2) is 8.40. The van der Waals surface area contributed by atoms with Gasteiger partial charge in [0.05, 0.1) is 0 Å². The van der Waals surface area contributed by atoms with Crippen LogP contribution in [0, 0.1) is 5.92 Å². The Kier molecular flexibility index (Phi) is 6.52. The Hall–Kier alpha value is -1.06. The fourth-order valence-electron chi connectivity index (χ4n) is 3.02. The van der Waals surface area contributed by atoms with E-state index in [1.54, 1.807) is 0 Å². The van der Waals surface area contributed by atoms with Crippen LogP contribution in [0.15, 0.2) is 24.3 Å². The summed E-state index contributed by atoms with van der Waals surface area (Å²) in [6.45, 7) is 5.31. The fraction of sp³-hybridized carbons (Fsp3) is 0.667. The largest absolute Gasteiger partial charge is 0.491 e. The maximum absolute atomic E-state index is 10.0. The Bertz CT molecular complexity index is 398. The number of benzene rings is 1. The van der Waals surface area contributed by atoms with E-state index in [9.17, 15) is 5.11 Å². The Morgan fingerprint density at radius 3 is 2.52 bits per heavy atom. The lowest BCUT2D eigenvalue weighted by Crippen LogP contribution is -2.39. The molecule has 0 heterocycles. The SMILES string of the molecule is CCc1ccc(OCC(O)CNC(C)C2CCCC2)cc1. The van der Waals surface area contributed by atoms with E-state index in [0.717, 1.165) is 18.1 Å². The highest BCUT2D eigenvalue weighted by molar-refractivity contribution is 5.27. The van der Waals surface area contributed by atoms with E-state index < -0.39 is 6.10 Å². The monoisotopic (exact) mass is 291 g/mol. The van der Waals surface area contributed by atoms with Gasteiger partial charge in [-0.3, -0.25) is 0 Å². The second-order valence-corrected chi connectivity index (χ2v) is 6.20. The molecule has 0 spiro atoms. The predicted octanol–water partition coefficient (Wildman–Crippen LogP) is 3.16. The van der Waals surface area contributed by atoms with Crippen molar-refractivity contribution in [1.29, 1.82) is 0 Å². The van der Waals surface area contributed by atoms with Gasteiger partial charge in [-0.2, -0.15) is 0 Å². The van der Waals surface area contributed by atoms with E-state index >= 15 is 0 Å². The van der Waals surface area contributed by atoms with Gasteiger partial charge in [0, 0.05) is 12.6 Å². The van der Waals surface area contributed by atoms with E-state index in [4.69, 9.17) is 4.74 Å². The van der Waals surface area contributed by atoms with Gasteiger partial charge in [-0.05, 0) is 49.8 Å². The van der Waals surface area contributed by atoms with Gasteiger partial charge in [-0.15, -0.1) is 0 Å². The number of ether oxygens (including phenoxy) is 1. The van der Waals surface area contributed by atoms with Gasteiger partial charge in [-0.1, -0.05) is 31.9 Å². The molecule has 0 bridgehead atoms. The molecule has 1 aromatic rings. The summed E-state index contributed by atoms with van der Waals surface area (Å²) >= 11 is 0. The molecule has 3 heteroatoms. The maximum Gasteiger partial charge on any atom is 0.119 e. The molecule has 1 fully saturated rings. The summed E-state index contributed by atoms with van der Waals surface area (Å²) in [6.07, 6.45) is 5.94. The number of aryl methyl sites for hydroxylation is 1. The van der Waals surface area contributed by atoms with Crippen molar-refractivity contribution in [1.82, 2.24) is 5.32 Å². The van der Waals surface area contributed by atoms with Crippen molar-refractivity contribution in [3.63, 3.8) is 0 Å². The molecule has 1 saturated carbocycles. The van der Waals surface area contributed by atoms with Crippen LogP contribution in [0.5, 0.6) is 5.75 Å². The number of aliphatic hydroxyl groups is 1. The molecule has 1 aliphatic rings. The van der Waals surface area contributed by atoms with Crippen molar-refractivity contribution in [3.8, 4) is 5.75 Å². The van der Waals surface area contributed by atoms with E-state index in [-0.39, 0.29) is 0 Å². The normalized spacial score (nSPS) is 18.6. The number of aliphatic hydroxyl groups excluding tert-OH is 1. The third-order valence-electron chi connectivity index (χ3n) is 4.56. The molecule has 2 N–H and O–H groups in total. The van der Waals surface area contributed by atoms with E-state index in [1.165, 1.54) is 31.2 Å². The van der Waals surface area contributed by atoms with Crippen LogP contribution in [0.4, 0.5) is 0 Å². The number of hydrogen-bond donors (Lipinski definition) is 2. The zero-order valence-electron chi connectivity index (χ0n) is 13.3. The van der Waals surface area contributed by atoms with Gasteiger partial charge in [0.2, 0.25) is 0 Å². The number of nitrogens with one attached hydrogen (secondary N) is 1. The molecule has 118 valence electrons. The summed E-state index contributed by atoms with van der Waals surface area (Å²) in [6, 6.07) is 8.58. The van der Waals surface area contributed by atoms with E-state index in [0.29, 0.717) is 19.2 Å². The molecule has 0 radical (unpaired) electrons. The molecule has 21 heavy (non-hydrogen) atoms. The molecule has 2 unspecified atom stereocenters. The van der Waals surface area contributed by atoms with E-state index in [2.05, 4.69) is 31.3 Å². The van der Waals surface area contributed by atoms with Gasteiger partial charge in [0.1, 0.15) is 18.5 Å². The molecular formula is C18H29NO2. The van der Waals surface area contributed by atoms with Crippen LogP contribution in [-0.4, -0.2) is 30.4 Å². The van der Waals surface area contributed by atoms with Crippen LogP contribution in [0.1, 0.15) is 45.1 Å². The van der Waals surface area contributed by atoms with Gasteiger partial charge in [0.15, 0.2) is 0 Å². The molecular weight excluding hydrogens is 262 g/mol. The van der Waals surface area contributed by atoms with Crippen LogP contribution in [0.3, 0.4) is 0 Å². The molecule has 0 amide bonds. The minimum absolute atomic E-state index is 0.343. The number of rotatable bonds is 8. The Labute approximate surface area is 128 Å². The summed E-state index contributed by atoms with van der Waals surface area (Å²) in [4.78, 5) is 0. The predicted molar refractivity (Wildman–Crippen MR) is 86.7 cm³/mol. The maximum atomic E-state index is 10.0. The first kappa shape index (κ1) is 16.3. The lowest BCUT2D eigenvalue weighted by atomic mass is 10.00.